The van der Waals surface area contributed by atoms with Crippen molar-refractivity contribution < 1.29 is 9.59 Å². The van der Waals surface area contributed by atoms with Gasteiger partial charge in [0.2, 0.25) is 11.8 Å². The molecule has 2 atom stereocenters. The molecule has 0 saturated heterocycles. The number of carbonyl (C=O) groups excluding carboxylic acids is 2. The maximum Gasteiger partial charge on any atom is 0.242 e. The second kappa shape index (κ2) is 12.4. The fraction of sp³-hybridized carbons (Fsp3) is 0.391. The molecule has 0 aliphatic rings. The lowest BCUT2D eigenvalue weighted by Crippen LogP contribution is -2.50. The molecule has 162 valence electrons. The van der Waals surface area contributed by atoms with Gasteiger partial charge in [-0.3, -0.25) is 9.59 Å². The second-order valence-electron chi connectivity index (χ2n) is 7.23. The molecule has 4 nitrogen and oxygen atoms in total. The van der Waals surface area contributed by atoms with Gasteiger partial charge in [-0.2, -0.15) is 0 Å². The SMILES string of the molecule is CC[C@@H](C)NC(=O)[C@@H](C)N(Cc1ccc(Br)cc1)C(=O)CSCc1ccccc1Cl. The topological polar surface area (TPSA) is 49.4 Å². The van der Waals surface area contributed by atoms with E-state index in [9.17, 15) is 9.59 Å². The summed E-state index contributed by atoms with van der Waals surface area (Å²) >= 11 is 11.1. The minimum absolute atomic E-state index is 0.0678. The van der Waals surface area contributed by atoms with E-state index in [1.165, 1.54) is 11.8 Å². The molecule has 0 bridgehead atoms. The molecule has 2 rings (SSSR count). The van der Waals surface area contributed by atoms with Crippen molar-refractivity contribution in [3.63, 3.8) is 0 Å². The van der Waals surface area contributed by atoms with E-state index in [-0.39, 0.29) is 23.6 Å². The van der Waals surface area contributed by atoms with Gasteiger partial charge in [0.25, 0.3) is 0 Å². The monoisotopic (exact) mass is 510 g/mol. The Bertz CT molecular complexity index is 847. The van der Waals surface area contributed by atoms with Crippen LogP contribution in [0.3, 0.4) is 0 Å². The third-order valence-electron chi connectivity index (χ3n) is 4.88. The van der Waals surface area contributed by atoms with E-state index in [1.807, 2.05) is 62.4 Å². The Morgan fingerprint density at radius 1 is 1.13 bits per heavy atom. The molecule has 0 aliphatic heterocycles. The second-order valence-corrected chi connectivity index (χ2v) is 9.53. The van der Waals surface area contributed by atoms with Crippen LogP contribution in [0.4, 0.5) is 0 Å². The lowest BCUT2D eigenvalue weighted by molar-refractivity contribution is -0.138. The zero-order chi connectivity index (χ0) is 22.1. The molecular weight excluding hydrogens is 484 g/mol. The minimum atomic E-state index is -0.559. The molecule has 7 heteroatoms. The van der Waals surface area contributed by atoms with Crippen LogP contribution in [0.5, 0.6) is 0 Å². The van der Waals surface area contributed by atoms with Crippen LogP contribution in [0.25, 0.3) is 0 Å². The molecule has 0 radical (unpaired) electrons. The smallest absolute Gasteiger partial charge is 0.242 e. The fourth-order valence-corrected chi connectivity index (χ4v) is 4.24. The highest BCUT2D eigenvalue weighted by molar-refractivity contribution is 9.10. The third-order valence-corrected chi connectivity index (χ3v) is 6.74. The normalized spacial score (nSPS) is 12.8. The molecule has 0 saturated carbocycles. The molecule has 0 unspecified atom stereocenters. The summed E-state index contributed by atoms with van der Waals surface area (Å²) in [5.74, 6) is 0.723. The summed E-state index contributed by atoms with van der Waals surface area (Å²) in [5.41, 5.74) is 1.98. The van der Waals surface area contributed by atoms with E-state index in [2.05, 4.69) is 21.2 Å². The molecule has 1 N–H and O–H groups in total. The lowest BCUT2D eigenvalue weighted by Gasteiger charge is -2.29. The van der Waals surface area contributed by atoms with Gasteiger partial charge in [-0.1, -0.05) is 64.8 Å². The van der Waals surface area contributed by atoms with Gasteiger partial charge in [0.15, 0.2) is 0 Å². The van der Waals surface area contributed by atoms with Crippen molar-refractivity contribution >= 4 is 51.1 Å². The predicted octanol–water partition coefficient (Wildman–Crippen LogP) is 5.67. The zero-order valence-electron chi connectivity index (χ0n) is 17.5. The maximum absolute atomic E-state index is 13.1. The number of hydrogen-bond acceptors (Lipinski definition) is 3. The van der Waals surface area contributed by atoms with Crippen molar-refractivity contribution in [2.24, 2.45) is 0 Å². The first-order valence-electron chi connectivity index (χ1n) is 9.97. The largest absolute Gasteiger partial charge is 0.352 e. The van der Waals surface area contributed by atoms with Crippen LogP contribution in [0.2, 0.25) is 5.02 Å². The molecule has 0 aromatic heterocycles. The van der Waals surface area contributed by atoms with E-state index < -0.39 is 6.04 Å². The Labute approximate surface area is 196 Å². The molecule has 0 heterocycles. The van der Waals surface area contributed by atoms with Gasteiger partial charge in [-0.25, -0.2) is 0 Å². The molecular formula is C23H28BrClN2O2S. The highest BCUT2D eigenvalue weighted by Gasteiger charge is 2.26. The summed E-state index contributed by atoms with van der Waals surface area (Å²) in [6.07, 6.45) is 0.840. The van der Waals surface area contributed by atoms with Crippen LogP contribution in [0.15, 0.2) is 53.0 Å². The van der Waals surface area contributed by atoms with Crippen LogP contribution >= 0.6 is 39.3 Å². The number of benzene rings is 2. The number of amides is 2. The van der Waals surface area contributed by atoms with Crippen LogP contribution in [-0.2, 0) is 21.9 Å². The number of nitrogens with zero attached hydrogens (tertiary/aromatic N) is 1. The molecule has 2 amide bonds. The Balaban J connectivity index is 2.08. The first kappa shape index (κ1) is 24.8. The Morgan fingerprint density at radius 3 is 2.43 bits per heavy atom. The Morgan fingerprint density at radius 2 is 1.80 bits per heavy atom. The van der Waals surface area contributed by atoms with E-state index in [4.69, 9.17) is 11.6 Å². The van der Waals surface area contributed by atoms with Crippen molar-refractivity contribution in [3.8, 4) is 0 Å². The van der Waals surface area contributed by atoms with Crippen molar-refractivity contribution in [2.75, 3.05) is 5.75 Å². The summed E-state index contributed by atoms with van der Waals surface area (Å²) in [7, 11) is 0. The number of halogens is 2. The minimum Gasteiger partial charge on any atom is -0.352 e. The number of thioether (sulfide) groups is 1. The number of nitrogens with one attached hydrogen (secondary N) is 1. The number of carbonyl (C=O) groups is 2. The third kappa shape index (κ3) is 7.64. The van der Waals surface area contributed by atoms with Gasteiger partial charge in [0.05, 0.1) is 5.75 Å². The van der Waals surface area contributed by atoms with Crippen LogP contribution in [-0.4, -0.2) is 34.6 Å². The van der Waals surface area contributed by atoms with Gasteiger partial charge >= 0.3 is 0 Å². The summed E-state index contributed by atoms with van der Waals surface area (Å²) in [6.45, 7) is 6.15. The summed E-state index contributed by atoms with van der Waals surface area (Å²) in [5, 5.41) is 3.68. The van der Waals surface area contributed by atoms with Crippen LogP contribution in [0.1, 0.15) is 38.3 Å². The summed E-state index contributed by atoms with van der Waals surface area (Å²) in [6, 6.07) is 14.9. The number of hydrogen-bond donors (Lipinski definition) is 1. The van der Waals surface area contributed by atoms with Gasteiger partial charge in [0.1, 0.15) is 6.04 Å². The van der Waals surface area contributed by atoms with Crippen molar-refractivity contribution in [1.82, 2.24) is 10.2 Å². The quantitative estimate of drug-likeness (QED) is 0.447. The molecule has 0 fully saturated rings. The standard InChI is InChI=1S/C23H28BrClN2O2S/c1-4-16(2)26-23(29)17(3)27(13-18-9-11-20(24)12-10-18)22(28)15-30-14-19-7-5-6-8-21(19)25/h5-12,16-17H,4,13-15H2,1-3H3,(H,26,29)/t16-,17-/m1/s1. The molecule has 30 heavy (non-hydrogen) atoms. The van der Waals surface area contributed by atoms with E-state index in [0.29, 0.717) is 17.3 Å². The van der Waals surface area contributed by atoms with E-state index in [1.54, 1.807) is 11.8 Å². The fourth-order valence-electron chi connectivity index (χ4n) is 2.78. The first-order chi connectivity index (χ1) is 14.3. The van der Waals surface area contributed by atoms with Crippen LogP contribution in [0, 0.1) is 0 Å². The van der Waals surface area contributed by atoms with Crippen molar-refractivity contribution in [3.05, 3.63) is 69.2 Å². The van der Waals surface area contributed by atoms with Gasteiger partial charge in [-0.05, 0) is 49.6 Å². The summed E-state index contributed by atoms with van der Waals surface area (Å²) < 4.78 is 0.974. The molecule has 0 aliphatic carbocycles. The number of rotatable bonds is 10. The molecule has 0 spiro atoms. The van der Waals surface area contributed by atoms with E-state index in [0.717, 1.165) is 22.0 Å². The highest BCUT2D eigenvalue weighted by atomic mass is 79.9. The average Bonchev–Trinajstić information content (AvgIpc) is 2.73. The zero-order valence-corrected chi connectivity index (χ0v) is 20.7. The van der Waals surface area contributed by atoms with Crippen molar-refractivity contribution in [1.29, 1.82) is 0 Å². The van der Waals surface area contributed by atoms with Gasteiger partial charge in [0, 0.05) is 27.8 Å². The predicted molar refractivity (Wildman–Crippen MR) is 130 cm³/mol. The van der Waals surface area contributed by atoms with Gasteiger partial charge < -0.3 is 10.2 Å². The summed E-state index contributed by atoms with van der Waals surface area (Å²) in [4.78, 5) is 27.4. The Kier molecular flexibility index (Phi) is 10.2. The Hall–Kier alpha value is -1.50. The maximum atomic E-state index is 13.1. The average molecular weight is 512 g/mol. The van der Waals surface area contributed by atoms with Crippen molar-refractivity contribution in [2.45, 2.75) is 51.6 Å². The van der Waals surface area contributed by atoms with Crippen LogP contribution < -0.4 is 5.32 Å². The van der Waals surface area contributed by atoms with Gasteiger partial charge in [-0.15, -0.1) is 11.8 Å². The molecule has 2 aromatic carbocycles. The lowest BCUT2D eigenvalue weighted by atomic mass is 10.1. The first-order valence-corrected chi connectivity index (χ1v) is 12.3. The van der Waals surface area contributed by atoms with E-state index >= 15 is 0 Å². The molecule has 2 aromatic rings. The highest BCUT2D eigenvalue weighted by Crippen LogP contribution is 2.22.